The Labute approximate surface area is 124 Å². The van der Waals surface area contributed by atoms with Crippen LogP contribution in [0.3, 0.4) is 0 Å². The third kappa shape index (κ3) is 3.35. The van der Waals surface area contributed by atoms with Gasteiger partial charge in [-0.1, -0.05) is 41.9 Å². The molecule has 0 aliphatic carbocycles. The van der Waals surface area contributed by atoms with Gasteiger partial charge in [0.15, 0.2) is 0 Å². The highest BCUT2D eigenvalue weighted by molar-refractivity contribution is 6.29. The molecule has 1 aliphatic rings. The Morgan fingerprint density at radius 1 is 1.20 bits per heavy atom. The third-order valence-electron chi connectivity index (χ3n) is 3.80. The number of hydrogen-bond donors (Lipinski definition) is 0. The van der Waals surface area contributed by atoms with Crippen LogP contribution in [0.4, 0.5) is 0 Å². The molecule has 1 fully saturated rings. The molecule has 0 radical (unpaired) electrons. The molecule has 0 spiro atoms. The van der Waals surface area contributed by atoms with Gasteiger partial charge in [-0.15, -0.1) is 0 Å². The number of hydrogen-bond acceptors (Lipinski definition) is 3. The smallest absolute Gasteiger partial charge is 0.147 e. The first-order valence-corrected chi connectivity index (χ1v) is 7.43. The van der Waals surface area contributed by atoms with Crippen LogP contribution < -0.4 is 0 Å². The van der Waals surface area contributed by atoms with E-state index in [2.05, 4.69) is 45.2 Å². The van der Waals surface area contributed by atoms with Crippen LogP contribution in [0.15, 0.2) is 42.7 Å². The van der Waals surface area contributed by atoms with Crippen molar-refractivity contribution in [2.45, 2.75) is 25.3 Å². The molecule has 0 N–H and O–H groups in total. The first-order chi connectivity index (χ1) is 9.81. The van der Waals surface area contributed by atoms with E-state index in [9.17, 15) is 0 Å². The van der Waals surface area contributed by atoms with Crippen molar-refractivity contribution in [1.29, 1.82) is 0 Å². The average Bonchev–Trinajstić information content (AvgIpc) is 2.49. The van der Waals surface area contributed by atoms with Gasteiger partial charge in [0.2, 0.25) is 0 Å². The Morgan fingerprint density at radius 3 is 2.85 bits per heavy atom. The molecular formula is C16H18ClN3. The zero-order valence-corrected chi connectivity index (χ0v) is 12.1. The fraction of sp³-hybridized carbons (Fsp3) is 0.375. The monoisotopic (exact) mass is 287 g/mol. The standard InChI is InChI=1S/C16H18ClN3/c17-16-10-18-9-15(19-16)14-7-4-8-20(12-14)11-13-5-2-1-3-6-13/h1-3,5-6,9-10,14H,4,7-8,11-12H2. The van der Waals surface area contributed by atoms with Gasteiger partial charge in [-0.05, 0) is 24.9 Å². The molecule has 3 nitrogen and oxygen atoms in total. The second kappa shape index (κ2) is 6.33. The van der Waals surface area contributed by atoms with Gasteiger partial charge < -0.3 is 0 Å². The Hall–Kier alpha value is -1.45. The number of halogens is 1. The molecule has 0 amide bonds. The summed E-state index contributed by atoms with van der Waals surface area (Å²) in [6.07, 6.45) is 5.81. The summed E-state index contributed by atoms with van der Waals surface area (Å²) in [5.74, 6) is 0.443. The summed E-state index contributed by atoms with van der Waals surface area (Å²) >= 11 is 5.94. The molecule has 4 heteroatoms. The van der Waals surface area contributed by atoms with Crippen LogP contribution in [-0.2, 0) is 6.54 Å². The molecule has 20 heavy (non-hydrogen) atoms. The zero-order chi connectivity index (χ0) is 13.8. The van der Waals surface area contributed by atoms with Gasteiger partial charge in [-0.3, -0.25) is 9.88 Å². The van der Waals surface area contributed by atoms with E-state index in [1.54, 1.807) is 6.20 Å². The van der Waals surface area contributed by atoms with Gasteiger partial charge in [0, 0.05) is 25.2 Å². The van der Waals surface area contributed by atoms with Gasteiger partial charge in [0.25, 0.3) is 0 Å². The lowest BCUT2D eigenvalue weighted by atomic mass is 9.94. The maximum atomic E-state index is 5.94. The summed E-state index contributed by atoms with van der Waals surface area (Å²) < 4.78 is 0. The largest absolute Gasteiger partial charge is 0.298 e. The maximum Gasteiger partial charge on any atom is 0.147 e. The van der Waals surface area contributed by atoms with Crippen molar-refractivity contribution in [3.05, 3.63) is 59.1 Å². The van der Waals surface area contributed by atoms with Gasteiger partial charge in [-0.25, -0.2) is 4.98 Å². The highest BCUT2D eigenvalue weighted by atomic mass is 35.5. The Kier molecular flexibility index (Phi) is 4.28. The average molecular weight is 288 g/mol. The highest BCUT2D eigenvalue weighted by Crippen LogP contribution is 2.26. The van der Waals surface area contributed by atoms with Crippen LogP contribution in [0.2, 0.25) is 5.15 Å². The normalized spacial score (nSPS) is 19.9. The Morgan fingerprint density at radius 2 is 2.05 bits per heavy atom. The molecule has 1 atom stereocenters. The van der Waals surface area contributed by atoms with E-state index in [4.69, 9.17) is 11.6 Å². The second-order valence-electron chi connectivity index (χ2n) is 5.33. The van der Waals surface area contributed by atoms with Crippen LogP contribution >= 0.6 is 11.6 Å². The summed E-state index contributed by atoms with van der Waals surface area (Å²) in [4.78, 5) is 11.1. The van der Waals surface area contributed by atoms with Crippen LogP contribution in [0.1, 0.15) is 30.0 Å². The SMILES string of the molecule is Clc1cncc(C2CCCN(Cc3ccccc3)C2)n1. The van der Waals surface area contributed by atoms with Crippen LogP contribution in [-0.4, -0.2) is 28.0 Å². The number of rotatable bonds is 3. The minimum atomic E-state index is 0.443. The van der Waals surface area contributed by atoms with E-state index in [1.807, 2.05) is 6.20 Å². The first-order valence-electron chi connectivity index (χ1n) is 7.05. The molecule has 1 saturated heterocycles. The summed E-state index contributed by atoms with van der Waals surface area (Å²) in [5.41, 5.74) is 2.39. The van der Waals surface area contributed by atoms with E-state index in [-0.39, 0.29) is 0 Å². The Balaban J connectivity index is 1.67. The van der Waals surface area contributed by atoms with Crippen molar-refractivity contribution in [2.75, 3.05) is 13.1 Å². The van der Waals surface area contributed by atoms with Gasteiger partial charge >= 0.3 is 0 Å². The molecule has 2 aromatic rings. The fourth-order valence-corrected chi connectivity index (χ4v) is 2.99. The third-order valence-corrected chi connectivity index (χ3v) is 3.98. The molecule has 1 aromatic carbocycles. The first kappa shape index (κ1) is 13.5. The molecule has 1 aromatic heterocycles. The molecule has 3 rings (SSSR count). The van der Waals surface area contributed by atoms with Gasteiger partial charge in [0.1, 0.15) is 5.15 Å². The molecule has 1 unspecified atom stereocenters. The molecule has 0 saturated carbocycles. The summed E-state index contributed by atoms with van der Waals surface area (Å²) in [7, 11) is 0. The van der Waals surface area contributed by atoms with Crippen LogP contribution in [0.25, 0.3) is 0 Å². The van der Waals surface area contributed by atoms with Crippen molar-refractivity contribution in [3.63, 3.8) is 0 Å². The lowest BCUT2D eigenvalue weighted by Crippen LogP contribution is -2.34. The van der Waals surface area contributed by atoms with Crippen molar-refractivity contribution < 1.29 is 0 Å². The molecule has 104 valence electrons. The van der Waals surface area contributed by atoms with E-state index in [1.165, 1.54) is 18.4 Å². The number of aromatic nitrogens is 2. The van der Waals surface area contributed by atoms with Crippen molar-refractivity contribution in [3.8, 4) is 0 Å². The van der Waals surface area contributed by atoms with E-state index >= 15 is 0 Å². The molecule has 0 bridgehead atoms. The Bertz CT molecular complexity index is 559. The quantitative estimate of drug-likeness (QED) is 0.865. The highest BCUT2D eigenvalue weighted by Gasteiger charge is 2.22. The predicted molar refractivity (Wildman–Crippen MR) is 80.7 cm³/mol. The van der Waals surface area contributed by atoms with Crippen molar-refractivity contribution in [2.24, 2.45) is 0 Å². The lowest BCUT2D eigenvalue weighted by molar-refractivity contribution is 0.198. The van der Waals surface area contributed by atoms with Crippen LogP contribution in [0.5, 0.6) is 0 Å². The predicted octanol–water partition coefficient (Wildman–Crippen LogP) is 3.51. The molecule has 1 aliphatic heterocycles. The van der Waals surface area contributed by atoms with Crippen LogP contribution in [0, 0.1) is 0 Å². The lowest BCUT2D eigenvalue weighted by Gasteiger charge is -2.32. The fourth-order valence-electron chi connectivity index (χ4n) is 2.84. The van der Waals surface area contributed by atoms with Gasteiger partial charge in [0.05, 0.1) is 11.9 Å². The minimum Gasteiger partial charge on any atom is -0.298 e. The second-order valence-corrected chi connectivity index (χ2v) is 5.71. The summed E-state index contributed by atoms with van der Waals surface area (Å²) in [5, 5.41) is 0.489. The summed E-state index contributed by atoms with van der Waals surface area (Å²) in [6.45, 7) is 3.19. The van der Waals surface area contributed by atoms with E-state index < -0.39 is 0 Å². The number of likely N-dealkylation sites (tertiary alicyclic amines) is 1. The van der Waals surface area contributed by atoms with Crippen molar-refractivity contribution >= 4 is 11.6 Å². The maximum absolute atomic E-state index is 5.94. The van der Waals surface area contributed by atoms with E-state index in [0.29, 0.717) is 11.1 Å². The molecule has 2 heterocycles. The number of nitrogens with zero attached hydrogens (tertiary/aromatic N) is 3. The summed E-state index contributed by atoms with van der Waals surface area (Å²) in [6, 6.07) is 10.6. The van der Waals surface area contributed by atoms with Crippen molar-refractivity contribution in [1.82, 2.24) is 14.9 Å². The zero-order valence-electron chi connectivity index (χ0n) is 11.4. The van der Waals surface area contributed by atoms with E-state index in [0.717, 1.165) is 25.3 Å². The topological polar surface area (TPSA) is 29.0 Å². The van der Waals surface area contributed by atoms with Gasteiger partial charge in [-0.2, -0.15) is 0 Å². The number of piperidine rings is 1. The molecular weight excluding hydrogens is 270 g/mol. The minimum absolute atomic E-state index is 0.443. The number of benzene rings is 1.